The number of hydrogen-bond acceptors (Lipinski definition) is 8. The highest BCUT2D eigenvalue weighted by Crippen LogP contribution is 2.33. The van der Waals surface area contributed by atoms with Crippen LogP contribution in [-0.4, -0.2) is 68.5 Å². The molecule has 1 aromatic heterocycles. The van der Waals surface area contributed by atoms with Crippen molar-refractivity contribution in [2.75, 3.05) is 24.7 Å². The number of benzene rings is 2. The van der Waals surface area contributed by atoms with E-state index in [2.05, 4.69) is 15.5 Å². The lowest BCUT2D eigenvalue weighted by Gasteiger charge is -2.20. The van der Waals surface area contributed by atoms with Crippen LogP contribution in [0.5, 0.6) is 0 Å². The number of aromatic nitrogens is 3. The van der Waals surface area contributed by atoms with Crippen molar-refractivity contribution in [3.63, 3.8) is 0 Å². The Hall–Kier alpha value is -3.97. The Morgan fingerprint density at radius 3 is 2.43 bits per heavy atom. The average Bonchev–Trinajstić information content (AvgIpc) is 3.63. The maximum absolute atomic E-state index is 15.1. The van der Waals surface area contributed by atoms with E-state index < -0.39 is 49.3 Å². The maximum Gasteiger partial charge on any atom is 0.414 e. The third-order valence-electron chi connectivity index (χ3n) is 6.26. The van der Waals surface area contributed by atoms with E-state index in [0.717, 1.165) is 6.07 Å². The second-order valence-corrected chi connectivity index (χ2v) is 8.85. The molecule has 2 N–H and O–H groups in total. The lowest BCUT2D eigenvalue weighted by atomic mass is 9.94. The van der Waals surface area contributed by atoms with Gasteiger partial charge in [-0.05, 0) is 24.3 Å². The number of anilines is 1. The summed E-state index contributed by atoms with van der Waals surface area (Å²) in [6.07, 6.45) is 0.210. The first-order valence-electron chi connectivity index (χ1n) is 11.3. The summed E-state index contributed by atoms with van der Waals surface area (Å²) >= 11 is 0. The van der Waals surface area contributed by atoms with Crippen molar-refractivity contribution in [3.8, 4) is 11.1 Å². The predicted octanol–water partition coefficient (Wildman–Crippen LogP) is 2.57. The van der Waals surface area contributed by atoms with Crippen LogP contribution in [0.15, 0.2) is 47.8 Å². The third-order valence-corrected chi connectivity index (χ3v) is 6.26. The Balaban J connectivity index is 1.31. The molecule has 0 unspecified atom stereocenters. The molecule has 0 radical (unpaired) electrons. The summed E-state index contributed by atoms with van der Waals surface area (Å²) in [6.45, 7) is -1.41. The standard InChI is InChI=1S/C24H22F3N5O5/c25-8-15-9-31(30-28-15)10-17-11-32(23(35)36-17)16-2-4-19(21(27)6-16)18-3-1-14(5-20(18)26)22-7-24(12-33,13-34)37-29-22/h1-6,9,17,33-34H,7-8,10-13H2/t17-/m0/s1. The number of oxime groups is 1. The average molecular weight is 517 g/mol. The molecular weight excluding hydrogens is 495 g/mol. The number of ether oxygens (including phenoxy) is 1. The van der Waals surface area contributed by atoms with Crippen molar-refractivity contribution in [2.45, 2.75) is 31.3 Å². The predicted molar refractivity (Wildman–Crippen MR) is 123 cm³/mol. The van der Waals surface area contributed by atoms with Crippen LogP contribution in [0.1, 0.15) is 17.7 Å². The van der Waals surface area contributed by atoms with Gasteiger partial charge in [0.1, 0.15) is 30.1 Å². The molecule has 1 amide bonds. The Labute approximate surface area is 208 Å². The second kappa shape index (κ2) is 9.82. The SMILES string of the molecule is O=C1O[C@@H](Cn2cc(CF)nn2)CN1c1ccc(-c2ccc(C3=NOC(CO)(CO)C3)cc2F)c(F)c1. The van der Waals surface area contributed by atoms with Crippen LogP contribution in [0.4, 0.5) is 23.7 Å². The number of aliphatic hydroxyl groups excluding tert-OH is 2. The van der Waals surface area contributed by atoms with Gasteiger partial charge in [-0.2, -0.15) is 0 Å². The van der Waals surface area contributed by atoms with Crippen LogP contribution in [0.2, 0.25) is 0 Å². The molecule has 0 bridgehead atoms. The normalized spacial score (nSPS) is 18.6. The second-order valence-electron chi connectivity index (χ2n) is 8.85. The molecule has 0 spiro atoms. The lowest BCUT2D eigenvalue weighted by molar-refractivity contribution is -0.0878. The molecule has 3 heterocycles. The first-order chi connectivity index (χ1) is 17.8. The Bertz CT molecular complexity index is 1360. The molecule has 5 rings (SSSR count). The van der Waals surface area contributed by atoms with Crippen LogP contribution < -0.4 is 4.90 Å². The fraction of sp³-hybridized carbons (Fsp3) is 0.333. The topological polar surface area (TPSA) is 122 Å². The van der Waals surface area contributed by atoms with E-state index in [-0.39, 0.29) is 42.0 Å². The van der Waals surface area contributed by atoms with Crippen LogP contribution in [0, 0.1) is 11.6 Å². The van der Waals surface area contributed by atoms with Crippen LogP contribution in [0.3, 0.4) is 0 Å². The summed E-state index contributed by atoms with van der Waals surface area (Å²) < 4.78 is 49.4. The fourth-order valence-electron chi connectivity index (χ4n) is 4.22. The number of alkyl halides is 1. The number of carbonyl (C=O) groups excluding carboxylic acids is 1. The zero-order chi connectivity index (χ0) is 26.2. The monoisotopic (exact) mass is 517 g/mol. The maximum atomic E-state index is 15.1. The molecule has 3 aromatic rings. The largest absolute Gasteiger partial charge is 0.442 e. The first-order valence-corrected chi connectivity index (χ1v) is 11.3. The minimum absolute atomic E-state index is 0.000353. The number of hydrogen-bond donors (Lipinski definition) is 2. The van der Waals surface area contributed by atoms with Crippen LogP contribution in [-0.2, 0) is 22.8 Å². The van der Waals surface area contributed by atoms with E-state index in [1.165, 1.54) is 40.0 Å². The summed E-state index contributed by atoms with van der Waals surface area (Å²) in [7, 11) is 0. The molecule has 13 heteroatoms. The zero-order valence-electron chi connectivity index (χ0n) is 19.4. The summed E-state index contributed by atoms with van der Waals surface area (Å²) in [4.78, 5) is 18.8. The number of carbonyl (C=O) groups is 1. The molecule has 2 aromatic carbocycles. The molecule has 0 aliphatic carbocycles. The van der Waals surface area contributed by atoms with Gasteiger partial charge >= 0.3 is 6.09 Å². The number of rotatable bonds is 8. The summed E-state index contributed by atoms with van der Waals surface area (Å²) in [6, 6.07) is 8.09. The Morgan fingerprint density at radius 2 is 1.81 bits per heavy atom. The van der Waals surface area contributed by atoms with Crippen molar-refractivity contribution in [1.82, 2.24) is 15.0 Å². The van der Waals surface area contributed by atoms with Crippen molar-refractivity contribution in [1.29, 1.82) is 0 Å². The minimum Gasteiger partial charge on any atom is -0.442 e. The number of halogens is 3. The minimum atomic E-state index is -1.26. The van der Waals surface area contributed by atoms with Gasteiger partial charge in [0.15, 0.2) is 5.60 Å². The van der Waals surface area contributed by atoms with E-state index in [1.807, 2.05) is 0 Å². The molecule has 1 atom stereocenters. The first kappa shape index (κ1) is 24.7. The van der Waals surface area contributed by atoms with E-state index >= 15 is 4.39 Å². The number of cyclic esters (lactones) is 1. The molecule has 1 saturated heterocycles. The molecule has 10 nitrogen and oxygen atoms in total. The number of amides is 1. The van der Waals surface area contributed by atoms with E-state index in [1.54, 1.807) is 6.07 Å². The molecule has 2 aliphatic heterocycles. The van der Waals surface area contributed by atoms with Gasteiger partial charge in [0, 0.05) is 23.1 Å². The molecular formula is C24H22F3N5O5. The highest BCUT2D eigenvalue weighted by molar-refractivity contribution is 6.02. The molecule has 0 saturated carbocycles. The summed E-state index contributed by atoms with van der Waals surface area (Å²) in [5.41, 5.74) is -0.156. The van der Waals surface area contributed by atoms with Crippen molar-refractivity contribution < 1.29 is 37.8 Å². The molecule has 37 heavy (non-hydrogen) atoms. The van der Waals surface area contributed by atoms with Gasteiger partial charge < -0.3 is 19.8 Å². The zero-order valence-corrected chi connectivity index (χ0v) is 19.4. The number of nitrogens with zero attached hydrogens (tertiary/aromatic N) is 5. The van der Waals surface area contributed by atoms with E-state index in [0.29, 0.717) is 11.3 Å². The van der Waals surface area contributed by atoms with Gasteiger partial charge in [0.2, 0.25) is 0 Å². The quantitative estimate of drug-likeness (QED) is 0.471. The van der Waals surface area contributed by atoms with Gasteiger partial charge in [-0.1, -0.05) is 22.5 Å². The fourth-order valence-corrected chi connectivity index (χ4v) is 4.22. The molecule has 194 valence electrons. The Kier molecular flexibility index (Phi) is 6.56. The van der Waals surface area contributed by atoms with Gasteiger partial charge in [0.25, 0.3) is 0 Å². The van der Waals surface area contributed by atoms with Crippen molar-refractivity contribution in [3.05, 3.63) is 65.5 Å². The third kappa shape index (κ3) is 4.74. The van der Waals surface area contributed by atoms with Gasteiger partial charge in [-0.25, -0.2) is 22.6 Å². The number of aliphatic hydroxyl groups is 2. The summed E-state index contributed by atoms with van der Waals surface area (Å²) in [5.74, 6) is -1.45. The van der Waals surface area contributed by atoms with Crippen LogP contribution in [0.25, 0.3) is 11.1 Å². The van der Waals surface area contributed by atoms with Crippen molar-refractivity contribution >= 4 is 17.5 Å². The molecule has 1 fully saturated rings. The van der Waals surface area contributed by atoms with Crippen LogP contribution >= 0.6 is 0 Å². The van der Waals surface area contributed by atoms with E-state index in [9.17, 15) is 23.8 Å². The van der Waals surface area contributed by atoms with Crippen molar-refractivity contribution in [2.24, 2.45) is 5.16 Å². The highest BCUT2D eigenvalue weighted by atomic mass is 19.1. The van der Waals surface area contributed by atoms with Gasteiger partial charge in [-0.3, -0.25) is 4.90 Å². The Morgan fingerprint density at radius 1 is 1.08 bits per heavy atom. The molecule has 2 aliphatic rings. The highest BCUT2D eigenvalue weighted by Gasteiger charge is 2.39. The van der Waals surface area contributed by atoms with E-state index in [4.69, 9.17) is 9.57 Å². The smallest absolute Gasteiger partial charge is 0.414 e. The van der Waals surface area contributed by atoms with Gasteiger partial charge in [0.05, 0.1) is 43.9 Å². The van der Waals surface area contributed by atoms with Gasteiger partial charge in [-0.15, -0.1) is 5.10 Å². The lowest BCUT2D eigenvalue weighted by Crippen LogP contribution is -2.37. The summed E-state index contributed by atoms with van der Waals surface area (Å²) in [5, 5.41) is 30.1.